The van der Waals surface area contributed by atoms with Gasteiger partial charge >= 0.3 is 12.3 Å². The van der Waals surface area contributed by atoms with Gasteiger partial charge in [-0.3, -0.25) is 19.4 Å². The Balaban J connectivity index is 1.73. The van der Waals surface area contributed by atoms with Gasteiger partial charge in [0.2, 0.25) is 5.91 Å². The zero-order valence-corrected chi connectivity index (χ0v) is 17.8. The van der Waals surface area contributed by atoms with Crippen molar-refractivity contribution in [2.24, 2.45) is 0 Å². The molecular weight excluding hydrogens is 430 g/mol. The van der Waals surface area contributed by atoms with Crippen molar-refractivity contribution in [1.29, 1.82) is 0 Å². The van der Waals surface area contributed by atoms with Crippen LogP contribution in [0.2, 0.25) is 0 Å². The number of fused-ring (bicyclic) bond motifs is 1. The number of rotatable bonds is 9. The van der Waals surface area contributed by atoms with Gasteiger partial charge in [-0.15, -0.1) is 0 Å². The molecule has 0 spiro atoms. The number of nitrogens with one attached hydrogen (secondary N) is 1. The molecule has 0 radical (unpaired) electrons. The first-order chi connectivity index (χ1) is 15.0. The molecule has 0 saturated heterocycles. The maximum atomic E-state index is 13.1. The zero-order chi connectivity index (χ0) is 23.5. The molecule has 172 valence electrons. The highest BCUT2D eigenvalue weighted by Gasteiger charge is 2.41. The number of carbonyl (C=O) groups excluding carboxylic acids is 1. The van der Waals surface area contributed by atoms with Gasteiger partial charge in [0.15, 0.2) is 6.61 Å². The molecule has 1 amide bonds. The van der Waals surface area contributed by atoms with Crippen molar-refractivity contribution in [2.75, 3.05) is 6.61 Å². The van der Waals surface area contributed by atoms with Crippen molar-refractivity contribution in [3.63, 3.8) is 0 Å². The van der Waals surface area contributed by atoms with E-state index in [0.29, 0.717) is 22.5 Å². The van der Waals surface area contributed by atoms with Gasteiger partial charge in [-0.05, 0) is 38.5 Å². The van der Waals surface area contributed by atoms with E-state index in [2.05, 4.69) is 20.4 Å². The van der Waals surface area contributed by atoms with E-state index < -0.39 is 19.0 Å². The Labute approximate surface area is 181 Å². The minimum atomic E-state index is -4.24. The monoisotopic (exact) mass is 453 g/mol. The van der Waals surface area contributed by atoms with Crippen LogP contribution in [-0.4, -0.2) is 50.7 Å². The van der Waals surface area contributed by atoms with Gasteiger partial charge in [0.1, 0.15) is 5.75 Å². The molecule has 0 fully saturated rings. The third kappa shape index (κ3) is 5.71. The highest BCUT2D eigenvalue weighted by Crippen LogP contribution is 2.26. The smallest absolute Gasteiger partial charge is 0.340 e. The van der Waals surface area contributed by atoms with Crippen LogP contribution in [0.4, 0.5) is 17.6 Å². The standard InChI is InChI=1S/C21H23F4N5O2/c1-12(2)28-19(31)7-17-15-10-30(29-16(15)4-5-26-17)9-14-6-13(3)18(8-27-14)32-11-21(24,25)20(22)23/h4-6,8,10,12,20H,7,9,11H2,1-3H3,(H,28,31). The number of aryl methyl sites for hydroxylation is 1. The summed E-state index contributed by atoms with van der Waals surface area (Å²) in [6, 6.07) is 3.36. The maximum Gasteiger partial charge on any atom is 0.340 e. The van der Waals surface area contributed by atoms with Gasteiger partial charge in [0.05, 0.1) is 36.1 Å². The van der Waals surface area contributed by atoms with Crippen molar-refractivity contribution in [2.45, 2.75) is 52.1 Å². The number of halogens is 4. The molecule has 11 heteroatoms. The minimum absolute atomic E-state index is 0.00218. The Hall–Kier alpha value is -3.24. The predicted molar refractivity (Wildman–Crippen MR) is 109 cm³/mol. The molecule has 0 bridgehead atoms. The van der Waals surface area contributed by atoms with Gasteiger partial charge in [-0.1, -0.05) is 0 Å². The van der Waals surface area contributed by atoms with E-state index in [4.69, 9.17) is 4.74 Å². The van der Waals surface area contributed by atoms with Crippen molar-refractivity contribution in [3.05, 3.63) is 47.7 Å². The zero-order valence-electron chi connectivity index (χ0n) is 17.8. The molecule has 0 aliphatic rings. The average molecular weight is 453 g/mol. The van der Waals surface area contributed by atoms with E-state index in [1.807, 2.05) is 13.8 Å². The Morgan fingerprint density at radius 2 is 2.03 bits per heavy atom. The van der Waals surface area contributed by atoms with E-state index in [9.17, 15) is 22.4 Å². The summed E-state index contributed by atoms with van der Waals surface area (Å²) < 4.78 is 57.2. The van der Waals surface area contributed by atoms with Gasteiger partial charge in [0.25, 0.3) is 0 Å². The van der Waals surface area contributed by atoms with Crippen molar-refractivity contribution < 1.29 is 27.1 Å². The lowest BCUT2D eigenvalue weighted by Gasteiger charge is -2.17. The summed E-state index contributed by atoms with van der Waals surface area (Å²) >= 11 is 0. The first-order valence-corrected chi connectivity index (χ1v) is 9.90. The highest BCUT2D eigenvalue weighted by molar-refractivity contribution is 5.86. The molecule has 0 unspecified atom stereocenters. The molecule has 0 aliphatic carbocycles. The van der Waals surface area contributed by atoms with E-state index in [1.165, 1.54) is 6.20 Å². The second-order valence-corrected chi connectivity index (χ2v) is 7.71. The summed E-state index contributed by atoms with van der Waals surface area (Å²) in [5, 5.41) is 8.03. The third-order valence-corrected chi connectivity index (χ3v) is 4.52. The Bertz CT molecular complexity index is 1100. The third-order valence-electron chi connectivity index (χ3n) is 4.52. The van der Waals surface area contributed by atoms with Gasteiger partial charge in [-0.25, -0.2) is 8.78 Å². The van der Waals surface area contributed by atoms with Gasteiger partial charge in [-0.2, -0.15) is 13.9 Å². The Morgan fingerprint density at radius 3 is 2.69 bits per heavy atom. The van der Waals surface area contributed by atoms with Crippen LogP contribution in [0.25, 0.3) is 10.9 Å². The lowest BCUT2D eigenvalue weighted by Crippen LogP contribution is -2.33. The average Bonchev–Trinajstić information content (AvgIpc) is 3.10. The quantitative estimate of drug-likeness (QED) is 0.502. The molecule has 1 N–H and O–H groups in total. The normalized spacial score (nSPS) is 12.0. The first kappa shape index (κ1) is 23.4. The van der Waals surface area contributed by atoms with Crippen LogP contribution in [0.1, 0.15) is 30.8 Å². The number of carbonyl (C=O) groups is 1. The lowest BCUT2D eigenvalue weighted by molar-refractivity contribution is -0.148. The van der Waals surface area contributed by atoms with Crippen LogP contribution in [0.15, 0.2) is 30.7 Å². The minimum Gasteiger partial charge on any atom is -0.485 e. The van der Waals surface area contributed by atoms with Gasteiger partial charge in [0, 0.05) is 23.8 Å². The largest absolute Gasteiger partial charge is 0.485 e. The van der Waals surface area contributed by atoms with Crippen LogP contribution in [0.3, 0.4) is 0 Å². The SMILES string of the molecule is Cc1cc(Cn2cc3c(CC(=O)NC(C)C)nccc3n2)ncc1OCC(F)(F)C(F)F. The fourth-order valence-corrected chi connectivity index (χ4v) is 3.04. The molecule has 3 aromatic heterocycles. The van der Waals surface area contributed by atoms with E-state index in [0.717, 1.165) is 5.39 Å². The lowest BCUT2D eigenvalue weighted by atomic mass is 10.2. The summed E-state index contributed by atoms with van der Waals surface area (Å²) in [5.74, 6) is -4.38. The molecule has 32 heavy (non-hydrogen) atoms. The predicted octanol–water partition coefficient (Wildman–Crippen LogP) is 3.53. The second kappa shape index (κ2) is 9.49. The topological polar surface area (TPSA) is 81.9 Å². The second-order valence-electron chi connectivity index (χ2n) is 7.71. The van der Waals surface area contributed by atoms with Gasteiger partial charge < -0.3 is 10.1 Å². The first-order valence-electron chi connectivity index (χ1n) is 9.90. The number of nitrogens with zero attached hydrogens (tertiary/aromatic N) is 4. The fraction of sp³-hybridized carbons (Fsp3) is 0.429. The summed E-state index contributed by atoms with van der Waals surface area (Å²) in [4.78, 5) is 20.5. The maximum absolute atomic E-state index is 13.1. The fourth-order valence-electron chi connectivity index (χ4n) is 3.04. The van der Waals surface area contributed by atoms with Crippen LogP contribution < -0.4 is 10.1 Å². The number of hydrogen-bond donors (Lipinski definition) is 1. The van der Waals surface area contributed by atoms with Crippen molar-refractivity contribution in [3.8, 4) is 5.75 Å². The molecule has 0 aromatic carbocycles. The number of hydrogen-bond acceptors (Lipinski definition) is 5. The van der Waals surface area contributed by atoms with E-state index in [1.54, 1.807) is 36.1 Å². The molecule has 0 atom stereocenters. The number of aromatic nitrogens is 4. The van der Waals surface area contributed by atoms with Crippen molar-refractivity contribution in [1.82, 2.24) is 25.1 Å². The highest BCUT2D eigenvalue weighted by atomic mass is 19.3. The summed E-state index contributed by atoms with van der Waals surface area (Å²) in [6.07, 6.45) is 0.874. The number of pyridine rings is 2. The Morgan fingerprint density at radius 1 is 1.28 bits per heavy atom. The molecule has 0 saturated carbocycles. The summed E-state index contributed by atoms with van der Waals surface area (Å²) in [7, 11) is 0. The number of alkyl halides is 4. The van der Waals surface area contributed by atoms with Crippen LogP contribution in [0.5, 0.6) is 5.75 Å². The Kier molecular flexibility index (Phi) is 6.95. The van der Waals surface area contributed by atoms with Crippen molar-refractivity contribution >= 4 is 16.8 Å². The molecule has 0 aliphatic heterocycles. The van der Waals surface area contributed by atoms with E-state index in [-0.39, 0.29) is 30.7 Å². The molecule has 7 nitrogen and oxygen atoms in total. The number of amides is 1. The molecule has 3 heterocycles. The summed E-state index contributed by atoms with van der Waals surface area (Å²) in [6.45, 7) is 4.19. The molecule has 3 rings (SSSR count). The number of ether oxygens (including phenoxy) is 1. The molecule has 3 aromatic rings. The van der Waals surface area contributed by atoms with Crippen LogP contribution in [0, 0.1) is 6.92 Å². The van der Waals surface area contributed by atoms with E-state index >= 15 is 0 Å². The van der Waals surface area contributed by atoms with Crippen LogP contribution in [-0.2, 0) is 17.8 Å². The van der Waals surface area contributed by atoms with Crippen LogP contribution >= 0.6 is 0 Å². The molecular formula is C21H23F4N5O2. The summed E-state index contributed by atoms with van der Waals surface area (Å²) in [5.41, 5.74) is 2.30.